The minimum atomic E-state index is 0.328. The molecule has 0 aromatic rings. The monoisotopic (exact) mass is 238 g/mol. The lowest BCUT2D eigenvalue weighted by molar-refractivity contribution is -0.134. The Morgan fingerprint density at radius 1 is 1.47 bits per heavy atom. The average Bonchev–Trinajstić information content (AvgIpc) is 3.02. The first-order valence-corrected chi connectivity index (χ1v) is 7.08. The molecule has 0 radical (unpaired) electrons. The van der Waals surface area contributed by atoms with Crippen molar-refractivity contribution in [1.82, 2.24) is 10.2 Å². The van der Waals surface area contributed by atoms with Crippen LogP contribution in [0.1, 0.15) is 46.0 Å². The van der Waals surface area contributed by atoms with Gasteiger partial charge in [-0.25, -0.2) is 0 Å². The van der Waals surface area contributed by atoms with Crippen LogP contribution in [0.2, 0.25) is 0 Å². The highest BCUT2D eigenvalue weighted by Gasteiger charge is 2.58. The molecule has 3 heteroatoms. The zero-order valence-corrected chi connectivity index (χ0v) is 11.5. The number of nitrogens with zero attached hydrogens (tertiary/aromatic N) is 1. The predicted molar refractivity (Wildman–Crippen MR) is 69.8 cm³/mol. The summed E-state index contributed by atoms with van der Waals surface area (Å²) in [5.41, 5.74) is 0.378. The molecule has 2 rings (SSSR count). The molecule has 0 bridgehead atoms. The molecule has 2 atom stereocenters. The number of nitrogens with one attached hydrogen (secondary N) is 1. The zero-order chi connectivity index (χ0) is 12.5. The van der Waals surface area contributed by atoms with Gasteiger partial charge in [0.25, 0.3) is 0 Å². The lowest BCUT2D eigenvalue weighted by atomic mass is 9.91. The van der Waals surface area contributed by atoms with E-state index >= 15 is 0 Å². The van der Waals surface area contributed by atoms with Crippen molar-refractivity contribution in [3.05, 3.63) is 0 Å². The number of carbonyl (C=O) groups is 1. The lowest BCUT2D eigenvalue weighted by Gasteiger charge is -2.28. The van der Waals surface area contributed by atoms with Gasteiger partial charge in [-0.15, -0.1) is 0 Å². The molecular weight excluding hydrogens is 212 g/mol. The first-order chi connectivity index (χ1) is 8.10. The molecule has 2 fully saturated rings. The lowest BCUT2D eigenvalue weighted by Crippen LogP contribution is -2.38. The summed E-state index contributed by atoms with van der Waals surface area (Å²) in [6, 6.07) is 0.395. The van der Waals surface area contributed by atoms with Crippen molar-refractivity contribution in [2.24, 2.45) is 11.3 Å². The molecule has 1 heterocycles. The smallest absolute Gasteiger partial charge is 0.226 e. The minimum absolute atomic E-state index is 0.328. The second kappa shape index (κ2) is 4.97. The molecule has 1 aliphatic heterocycles. The van der Waals surface area contributed by atoms with Gasteiger partial charge >= 0.3 is 0 Å². The Balaban J connectivity index is 1.89. The van der Waals surface area contributed by atoms with Crippen molar-refractivity contribution in [3.8, 4) is 0 Å². The Labute approximate surface area is 105 Å². The van der Waals surface area contributed by atoms with Gasteiger partial charge < -0.3 is 10.2 Å². The number of hydrogen-bond acceptors (Lipinski definition) is 2. The number of rotatable bonds is 4. The molecule has 98 valence electrons. The van der Waals surface area contributed by atoms with E-state index in [1.54, 1.807) is 0 Å². The van der Waals surface area contributed by atoms with Crippen molar-refractivity contribution < 1.29 is 4.79 Å². The Hall–Kier alpha value is -0.570. The summed E-state index contributed by atoms with van der Waals surface area (Å²) < 4.78 is 0. The van der Waals surface area contributed by atoms with Crippen LogP contribution in [0.3, 0.4) is 0 Å². The van der Waals surface area contributed by atoms with Gasteiger partial charge in [-0.3, -0.25) is 4.79 Å². The van der Waals surface area contributed by atoms with Crippen LogP contribution in [0.25, 0.3) is 0 Å². The van der Waals surface area contributed by atoms with Crippen molar-refractivity contribution in [2.75, 3.05) is 20.1 Å². The normalized spacial score (nSPS) is 27.8. The fourth-order valence-corrected chi connectivity index (χ4v) is 3.25. The average molecular weight is 238 g/mol. The van der Waals surface area contributed by atoms with Crippen molar-refractivity contribution in [1.29, 1.82) is 0 Å². The highest BCUT2D eigenvalue weighted by atomic mass is 16.2. The maximum Gasteiger partial charge on any atom is 0.226 e. The Morgan fingerprint density at radius 2 is 2.12 bits per heavy atom. The predicted octanol–water partition coefficient (Wildman–Crippen LogP) is 2.02. The van der Waals surface area contributed by atoms with E-state index in [1.807, 2.05) is 11.9 Å². The summed E-state index contributed by atoms with van der Waals surface area (Å²) in [5, 5.41) is 3.39. The van der Waals surface area contributed by atoms with E-state index < -0.39 is 0 Å². The first-order valence-electron chi connectivity index (χ1n) is 7.08. The van der Waals surface area contributed by atoms with E-state index in [1.165, 1.54) is 12.8 Å². The first kappa shape index (κ1) is 12.9. The molecule has 2 unspecified atom stereocenters. The number of amides is 1. The molecule has 0 aromatic carbocycles. The molecule has 1 N–H and O–H groups in total. The number of hydrogen-bond donors (Lipinski definition) is 1. The fourth-order valence-electron chi connectivity index (χ4n) is 3.25. The molecule has 3 nitrogen and oxygen atoms in total. The second-order valence-corrected chi connectivity index (χ2v) is 5.96. The molecular formula is C14H26N2O. The van der Waals surface area contributed by atoms with E-state index in [-0.39, 0.29) is 0 Å². The summed E-state index contributed by atoms with van der Waals surface area (Å²) in [5.74, 6) is 0.724. The van der Waals surface area contributed by atoms with Gasteiger partial charge in [0, 0.05) is 19.0 Å². The SMILES string of the molecule is CCCC(C)N(C)C(=O)C1CC12CCNCC2. The molecule has 1 aliphatic carbocycles. The highest BCUT2D eigenvalue weighted by Crippen LogP contribution is 2.59. The number of carbonyl (C=O) groups excluding carboxylic acids is 1. The van der Waals surface area contributed by atoms with E-state index in [2.05, 4.69) is 19.2 Å². The van der Waals surface area contributed by atoms with Gasteiger partial charge in [-0.05, 0) is 51.1 Å². The molecule has 17 heavy (non-hydrogen) atoms. The molecule has 0 aromatic heterocycles. The third-order valence-corrected chi connectivity index (χ3v) is 4.80. The van der Waals surface area contributed by atoms with E-state index in [0.717, 1.165) is 32.4 Å². The van der Waals surface area contributed by atoms with Crippen molar-refractivity contribution in [3.63, 3.8) is 0 Å². The molecule has 1 saturated carbocycles. The number of piperidine rings is 1. The fraction of sp³-hybridized carbons (Fsp3) is 0.929. The van der Waals surface area contributed by atoms with E-state index in [0.29, 0.717) is 23.3 Å². The van der Waals surface area contributed by atoms with Gasteiger partial charge in [0.2, 0.25) is 5.91 Å². The Bertz CT molecular complexity index is 284. The van der Waals surface area contributed by atoms with Crippen LogP contribution in [-0.4, -0.2) is 37.0 Å². The van der Waals surface area contributed by atoms with E-state index in [4.69, 9.17) is 0 Å². The van der Waals surface area contributed by atoms with Crippen molar-refractivity contribution >= 4 is 5.91 Å². The largest absolute Gasteiger partial charge is 0.343 e. The van der Waals surface area contributed by atoms with Gasteiger partial charge in [0.1, 0.15) is 0 Å². The van der Waals surface area contributed by atoms with E-state index in [9.17, 15) is 4.79 Å². The second-order valence-electron chi connectivity index (χ2n) is 5.96. The maximum absolute atomic E-state index is 12.4. The topological polar surface area (TPSA) is 32.3 Å². The minimum Gasteiger partial charge on any atom is -0.343 e. The summed E-state index contributed by atoms with van der Waals surface area (Å²) in [4.78, 5) is 14.4. The van der Waals surface area contributed by atoms with Crippen LogP contribution in [-0.2, 0) is 4.79 Å². The highest BCUT2D eigenvalue weighted by molar-refractivity contribution is 5.82. The summed E-state index contributed by atoms with van der Waals surface area (Å²) in [7, 11) is 1.98. The summed E-state index contributed by atoms with van der Waals surface area (Å²) in [6.45, 7) is 6.54. The molecule has 1 spiro atoms. The zero-order valence-electron chi connectivity index (χ0n) is 11.5. The molecule has 2 aliphatic rings. The molecule has 1 amide bonds. The van der Waals surface area contributed by atoms with Gasteiger partial charge in [0.05, 0.1) is 0 Å². The molecule has 1 saturated heterocycles. The van der Waals surface area contributed by atoms with Crippen LogP contribution in [0.4, 0.5) is 0 Å². The van der Waals surface area contributed by atoms with Crippen LogP contribution in [0, 0.1) is 11.3 Å². The van der Waals surface area contributed by atoms with Crippen LogP contribution >= 0.6 is 0 Å². The van der Waals surface area contributed by atoms with Crippen LogP contribution < -0.4 is 5.32 Å². The Morgan fingerprint density at radius 3 is 2.71 bits per heavy atom. The maximum atomic E-state index is 12.4. The standard InChI is InChI=1S/C14H26N2O/c1-4-5-11(2)16(3)13(17)12-10-14(12)6-8-15-9-7-14/h11-12,15H,4-10H2,1-3H3. The third kappa shape index (κ3) is 2.49. The van der Waals surface area contributed by atoms with Crippen LogP contribution in [0.15, 0.2) is 0 Å². The van der Waals surface area contributed by atoms with Gasteiger partial charge in [-0.1, -0.05) is 13.3 Å². The van der Waals surface area contributed by atoms with Gasteiger partial charge in [0.15, 0.2) is 0 Å². The third-order valence-electron chi connectivity index (χ3n) is 4.80. The quantitative estimate of drug-likeness (QED) is 0.812. The van der Waals surface area contributed by atoms with Crippen LogP contribution in [0.5, 0.6) is 0 Å². The van der Waals surface area contributed by atoms with Crippen molar-refractivity contribution in [2.45, 2.75) is 52.0 Å². The Kier molecular flexibility index (Phi) is 3.76. The summed E-state index contributed by atoms with van der Waals surface area (Å²) >= 11 is 0. The summed E-state index contributed by atoms with van der Waals surface area (Å²) in [6.07, 6.45) is 5.79. The van der Waals surface area contributed by atoms with Gasteiger partial charge in [-0.2, -0.15) is 0 Å².